The number of rotatable bonds is 6. The number of fused-ring (bicyclic) bond motifs is 3. The Balaban J connectivity index is 1.27. The molecule has 7 aromatic rings. The number of para-hydroxylation sites is 1. The summed E-state index contributed by atoms with van der Waals surface area (Å²) in [6.07, 6.45) is 0. The maximum atomic E-state index is 11.0. The Bertz CT molecular complexity index is 1970. The second kappa shape index (κ2) is 10.3. The highest BCUT2D eigenvalue weighted by Gasteiger charge is 2.22. The normalized spacial score (nSPS) is 11.1. The van der Waals surface area contributed by atoms with E-state index in [0.717, 1.165) is 38.6 Å². The summed E-state index contributed by atoms with van der Waals surface area (Å²) in [5.74, 6) is 1.82. The lowest BCUT2D eigenvalue weighted by Crippen LogP contribution is -2.27. The molecule has 0 aliphatic carbocycles. The van der Waals surface area contributed by atoms with Gasteiger partial charge < -0.3 is 9.44 Å². The summed E-state index contributed by atoms with van der Waals surface area (Å²) in [4.78, 5) is 25.3. The van der Waals surface area contributed by atoms with Crippen LogP contribution in [0.25, 0.3) is 67.2 Å². The van der Waals surface area contributed by atoms with Gasteiger partial charge >= 0.3 is 7.05 Å². The molecular weight excluding hydrogens is 511 g/mol. The summed E-state index contributed by atoms with van der Waals surface area (Å²) in [5.41, 5.74) is 6.13. The van der Waals surface area contributed by atoms with Crippen molar-refractivity contribution < 1.29 is 9.44 Å². The van der Waals surface area contributed by atoms with Gasteiger partial charge in [0.05, 0.1) is 0 Å². The summed E-state index contributed by atoms with van der Waals surface area (Å²) in [6.45, 7) is 0. The highest BCUT2D eigenvalue weighted by atomic mass is 16.3. The van der Waals surface area contributed by atoms with Crippen LogP contribution in [0.4, 0.5) is 0 Å². The summed E-state index contributed by atoms with van der Waals surface area (Å²) in [7, 11) is -1.48. The second-order valence-corrected chi connectivity index (χ2v) is 9.63. The minimum atomic E-state index is -1.48. The van der Waals surface area contributed by atoms with E-state index in [9.17, 15) is 9.93 Å². The zero-order chi connectivity index (χ0) is 27.8. The van der Waals surface area contributed by atoms with Crippen molar-refractivity contribution in [1.82, 2.24) is 15.0 Å². The second-order valence-electron chi connectivity index (χ2n) is 9.63. The summed E-state index contributed by atoms with van der Waals surface area (Å²) >= 11 is 0. The van der Waals surface area contributed by atoms with Gasteiger partial charge in [-0.1, -0.05) is 114 Å². The lowest BCUT2D eigenvalue weighted by molar-refractivity contribution is 0.586. The fourth-order valence-electron chi connectivity index (χ4n) is 5.01. The van der Waals surface area contributed by atoms with E-state index in [1.165, 1.54) is 0 Å². The van der Waals surface area contributed by atoms with E-state index < -0.39 is 7.05 Å². The van der Waals surface area contributed by atoms with Crippen LogP contribution in [-0.2, 0) is 0 Å². The van der Waals surface area contributed by atoms with Crippen molar-refractivity contribution in [3.63, 3.8) is 0 Å². The molecule has 0 spiro atoms. The lowest BCUT2D eigenvalue weighted by atomic mass is 9.75. The number of benzene rings is 5. The largest absolute Gasteiger partial charge is 0.521 e. The van der Waals surface area contributed by atoms with Crippen molar-refractivity contribution in [2.45, 2.75) is 0 Å². The highest BCUT2D eigenvalue weighted by Crippen LogP contribution is 2.33. The number of furan rings is 1. The standard InChI is InChI=1S/C33H21BN4O3/c39-34(38-40)28-13-7-12-27-26-19-18-25(20-29(26)41-30(27)28)21-14-16-24(17-15-21)33-36-31(22-8-3-1-4-9-22)35-32(37-33)23-10-5-2-6-11-23/h1-20,39H. The highest BCUT2D eigenvalue weighted by molar-refractivity contribution is 6.67. The van der Waals surface area contributed by atoms with Crippen LogP contribution in [0, 0.1) is 4.91 Å². The number of nitrogens with zero attached hydrogens (tertiary/aromatic N) is 4. The van der Waals surface area contributed by atoms with Gasteiger partial charge in [0, 0.05) is 32.9 Å². The molecule has 41 heavy (non-hydrogen) atoms. The van der Waals surface area contributed by atoms with Gasteiger partial charge in [0.25, 0.3) is 0 Å². The van der Waals surface area contributed by atoms with Crippen LogP contribution in [-0.4, -0.2) is 27.0 Å². The molecule has 0 atom stereocenters. The Labute approximate surface area is 235 Å². The number of nitroso groups, excluding NO2 is 1. The molecule has 0 aliphatic rings. The van der Waals surface area contributed by atoms with Crippen LogP contribution in [0.3, 0.4) is 0 Å². The van der Waals surface area contributed by atoms with Crippen molar-refractivity contribution in [3.8, 4) is 45.3 Å². The molecule has 5 aromatic carbocycles. The first-order chi connectivity index (χ1) is 20.2. The van der Waals surface area contributed by atoms with Gasteiger partial charge in [-0.3, -0.25) is 0 Å². The average molecular weight is 532 g/mol. The molecule has 7 rings (SSSR count). The molecule has 0 amide bonds. The smallest absolute Gasteiger partial charge is 0.456 e. The zero-order valence-corrected chi connectivity index (χ0v) is 21.7. The summed E-state index contributed by atoms with van der Waals surface area (Å²) < 4.78 is 6.09. The first-order valence-electron chi connectivity index (χ1n) is 13.1. The Hall–Kier alpha value is -5.47. The van der Waals surface area contributed by atoms with E-state index in [2.05, 4.69) is 5.09 Å². The molecule has 0 fully saturated rings. The Kier molecular flexibility index (Phi) is 6.15. The number of hydrogen-bond acceptors (Lipinski definition) is 7. The van der Waals surface area contributed by atoms with Crippen LogP contribution < -0.4 is 5.46 Å². The molecule has 0 unspecified atom stereocenters. The number of hydrogen-bond donors (Lipinski definition) is 1. The quantitative estimate of drug-likeness (QED) is 0.185. The summed E-state index contributed by atoms with van der Waals surface area (Å²) in [5, 5.41) is 14.5. The zero-order valence-electron chi connectivity index (χ0n) is 21.7. The third-order valence-corrected chi connectivity index (χ3v) is 7.08. The lowest BCUT2D eigenvalue weighted by Gasteiger charge is -2.09. The van der Waals surface area contributed by atoms with Crippen LogP contribution in [0.5, 0.6) is 0 Å². The third kappa shape index (κ3) is 4.56. The monoisotopic (exact) mass is 532 g/mol. The van der Waals surface area contributed by atoms with Gasteiger partial charge in [-0.25, -0.2) is 15.0 Å². The predicted molar refractivity (Wildman–Crippen MR) is 162 cm³/mol. The molecule has 0 saturated heterocycles. The van der Waals surface area contributed by atoms with Gasteiger partial charge in [-0.15, -0.1) is 0 Å². The molecule has 1 N–H and O–H groups in total. The maximum absolute atomic E-state index is 11.0. The molecule has 0 aliphatic heterocycles. The van der Waals surface area contributed by atoms with Crippen molar-refractivity contribution >= 4 is 34.5 Å². The maximum Gasteiger partial charge on any atom is 0.521 e. The van der Waals surface area contributed by atoms with E-state index in [0.29, 0.717) is 34.1 Å². The molecule has 0 radical (unpaired) electrons. The first kappa shape index (κ1) is 24.6. The van der Waals surface area contributed by atoms with Crippen molar-refractivity contribution in [2.75, 3.05) is 0 Å². The van der Waals surface area contributed by atoms with Gasteiger partial charge in [0.15, 0.2) is 17.5 Å². The van der Waals surface area contributed by atoms with Crippen molar-refractivity contribution in [1.29, 1.82) is 0 Å². The van der Waals surface area contributed by atoms with E-state index in [1.54, 1.807) is 12.1 Å². The van der Waals surface area contributed by atoms with E-state index >= 15 is 0 Å². The summed E-state index contributed by atoms with van der Waals surface area (Å²) in [6, 6.07) is 39.1. The average Bonchev–Trinajstić information content (AvgIpc) is 3.43. The van der Waals surface area contributed by atoms with Crippen LogP contribution in [0.1, 0.15) is 0 Å². The van der Waals surface area contributed by atoms with Crippen molar-refractivity contribution in [2.24, 2.45) is 5.09 Å². The Morgan fingerprint density at radius 2 is 1.10 bits per heavy atom. The molecule has 8 heteroatoms. The van der Waals surface area contributed by atoms with Gasteiger partial charge in [-0.05, 0) is 23.3 Å². The topological polar surface area (TPSA) is 101 Å². The predicted octanol–water partition coefficient (Wildman–Crippen LogP) is 6.89. The van der Waals surface area contributed by atoms with Crippen LogP contribution in [0.15, 0.2) is 131 Å². The molecule has 0 saturated carbocycles. The molecule has 2 aromatic heterocycles. The van der Waals surface area contributed by atoms with Crippen LogP contribution >= 0.6 is 0 Å². The Morgan fingerprint density at radius 3 is 1.68 bits per heavy atom. The molecule has 7 nitrogen and oxygen atoms in total. The molecule has 2 heterocycles. The number of aromatic nitrogens is 3. The van der Waals surface area contributed by atoms with Crippen LogP contribution in [0.2, 0.25) is 0 Å². The van der Waals surface area contributed by atoms with E-state index in [4.69, 9.17) is 19.4 Å². The van der Waals surface area contributed by atoms with E-state index in [1.807, 2.05) is 109 Å². The SMILES string of the molecule is O=NB(O)c1cccc2c1oc1cc(-c3ccc(-c4nc(-c5ccccc5)nc(-c5ccccc5)n4)cc3)ccc12. The minimum Gasteiger partial charge on any atom is -0.456 e. The van der Waals surface area contributed by atoms with E-state index in [-0.39, 0.29) is 0 Å². The molecular formula is C33H21BN4O3. The third-order valence-electron chi connectivity index (χ3n) is 7.08. The Morgan fingerprint density at radius 1 is 0.561 bits per heavy atom. The van der Waals surface area contributed by atoms with Gasteiger partial charge in [0.1, 0.15) is 11.2 Å². The molecule has 194 valence electrons. The first-order valence-corrected chi connectivity index (χ1v) is 13.1. The van der Waals surface area contributed by atoms with Gasteiger partial charge in [-0.2, -0.15) is 4.91 Å². The van der Waals surface area contributed by atoms with Gasteiger partial charge in [0.2, 0.25) is 0 Å². The minimum absolute atomic E-state index is 0.349. The fraction of sp³-hybridized carbons (Fsp3) is 0. The fourth-order valence-corrected chi connectivity index (χ4v) is 5.01. The molecule has 0 bridgehead atoms. The van der Waals surface area contributed by atoms with Crippen molar-refractivity contribution in [3.05, 3.63) is 126 Å².